The average molecular weight is 426 g/mol. The predicted molar refractivity (Wildman–Crippen MR) is 114 cm³/mol. The van der Waals surface area contributed by atoms with Crippen molar-refractivity contribution in [1.29, 1.82) is 0 Å². The van der Waals surface area contributed by atoms with Gasteiger partial charge >= 0.3 is 0 Å². The molecule has 3 aromatic rings. The summed E-state index contributed by atoms with van der Waals surface area (Å²) >= 11 is 0. The van der Waals surface area contributed by atoms with E-state index < -0.39 is 10.0 Å². The summed E-state index contributed by atoms with van der Waals surface area (Å²) < 4.78 is 38.8. The Morgan fingerprint density at radius 3 is 2.70 bits per heavy atom. The van der Waals surface area contributed by atoms with Crippen LogP contribution >= 0.6 is 0 Å². The number of carbonyl (C=O) groups is 1. The lowest BCUT2D eigenvalue weighted by molar-refractivity contribution is 0.0958. The van der Waals surface area contributed by atoms with E-state index in [1.807, 2.05) is 6.07 Å². The Kier molecular flexibility index (Phi) is 5.26. The highest BCUT2D eigenvalue weighted by Crippen LogP contribution is 2.32. The molecule has 156 valence electrons. The first-order chi connectivity index (χ1) is 14.4. The summed E-state index contributed by atoms with van der Waals surface area (Å²) in [5.41, 5.74) is 2.79. The van der Waals surface area contributed by atoms with E-state index in [4.69, 9.17) is 9.15 Å². The van der Waals surface area contributed by atoms with Gasteiger partial charge in [-0.1, -0.05) is 6.07 Å². The van der Waals surface area contributed by atoms with Crippen molar-refractivity contribution in [2.75, 3.05) is 23.3 Å². The molecule has 0 bridgehead atoms. The van der Waals surface area contributed by atoms with E-state index in [1.165, 1.54) is 19.4 Å². The number of furan rings is 1. The average Bonchev–Trinajstić information content (AvgIpc) is 3.27. The van der Waals surface area contributed by atoms with Gasteiger partial charge in [-0.05, 0) is 73.4 Å². The molecular formula is C22H22N2O5S. The van der Waals surface area contributed by atoms with Gasteiger partial charge in [-0.25, -0.2) is 8.42 Å². The summed E-state index contributed by atoms with van der Waals surface area (Å²) in [5.74, 6) is 0.629. The highest BCUT2D eigenvalue weighted by molar-refractivity contribution is 7.92. The number of carbonyl (C=O) groups excluding carboxylic acids is 1. The Labute approximate surface area is 175 Å². The van der Waals surface area contributed by atoms with Crippen LogP contribution in [0.4, 0.5) is 11.4 Å². The molecule has 0 radical (unpaired) electrons. The maximum absolute atomic E-state index is 12.9. The summed E-state index contributed by atoms with van der Waals surface area (Å²) in [6.07, 6.45) is 3.11. The summed E-state index contributed by atoms with van der Waals surface area (Å²) in [6.45, 7) is 2.33. The smallest absolute Gasteiger partial charge is 0.293 e. The third-order valence-electron chi connectivity index (χ3n) is 5.11. The molecule has 0 spiro atoms. The van der Waals surface area contributed by atoms with E-state index in [-0.39, 0.29) is 16.6 Å². The zero-order valence-electron chi connectivity index (χ0n) is 16.7. The number of amides is 1. The lowest BCUT2D eigenvalue weighted by atomic mass is 10.0. The number of nitrogens with one attached hydrogen (secondary N) is 1. The fourth-order valence-corrected chi connectivity index (χ4v) is 4.75. The van der Waals surface area contributed by atoms with Gasteiger partial charge < -0.3 is 14.1 Å². The number of aryl methyl sites for hydroxylation is 2. The molecule has 0 fully saturated rings. The maximum Gasteiger partial charge on any atom is 0.293 e. The number of methoxy groups -OCH3 is 1. The molecule has 8 heteroatoms. The summed E-state index contributed by atoms with van der Waals surface area (Å²) in [5, 5.41) is 0. The minimum absolute atomic E-state index is 0.141. The monoisotopic (exact) mass is 426 g/mol. The molecule has 1 aliphatic heterocycles. The van der Waals surface area contributed by atoms with E-state index >= 15 is 0 Å². The number of benzene rings is 2. The predicted octanol–water partition coefficient (Wildman–Crippen LogP) is 3.99. The first kappa shape index (κ1) is 20.0. The second-order valence-electron chi connectivity index (χ2n) is 7.12. The minimum Gasteiger partial charge on any atom is -0.496 e. The Morgan fingerprint density at radius 2 is 2.00 bits per heavy atom. The zero-order chi connectivity index (χ0) is 21.3. The minimum atomic E-state index is -3.80. The van der Waals surface area contributed by atoms with Crippen LogP contribution in [-0.2, 0) is 16.4 Å². The lowest BCUT2D eigenvalue weighted by Crippen LogP contribution is -2.35. The Bertz CT molecular complexity index is 1190. The van der Waals surface area contributed by atoms with Gasteiger partial charge in [-0.3, -0.25) is 9.52 Å². The molecule has 0 saturated carbocycles. The van der Waals surface area contributed by atoms with E-state index in [0.717, 1.165) is 24.0 Å². The normalized spacial score (nSPS) is 13.6. The second kappa shape index (κ2) is 7.87. The van der Waals surface area contributed by atoms with Crippen molar-refractivity contribution in [2.45, 2.75) is 24.7 Å². The number of hydrogen-bond acceptors (Lipinski definition) is 5. The van der Waals surface area contributed by atoms with Gasteiger partial charge in [0.25, 0.3) is 15.9 Å². The Morgan fingerprint density at radius 1 is 1.17 bits per heavy atom. The van der Waals surface area contributed by atoms with Crippen molar-refractivity contribution in [3.05, 3.63) is 71.7 Å². The largest absolute Gasteiger partial charge is 0.496 e. The molecule has 2 aromatic carbocycles. The van der Waals surface area contributed by atoms with Crippen LogP contribution in [0.3, 0.4) is 0 Å². The number of nitrogens with zero attached hydrogens (tertiary/aromatic N) is 1. The lowest BCUT2D eigenvalue weighted by Gasteiger charge is -2.29. The highest BCUT2D eigenvalue weighted by atomic mass is 32.2. The van der Waals surface area contributed by atoms with Crippen LogP contribution in [0, 0.1) is 6.92 Å². The summed E-state index contributed by atoms with van der Waals surface area (Å²) in [4.78, 5) is 14.6. The van der Waals surface area contributed by atoms with Crippen molar-refractivity contribution in [3.63, 3.8) is 0 Å². The topological polar surface area (TPSA) is 88.9 Å². The SMILES string of the molecule is COc1ccc(S(=O)(=O)Nc2ccc3c(c2)N(C(=O)c2ccco2)CCC3)cc1C. The Hall–Kier alpha value is -3.26. The van der Waals surface area contributed by atoms with Crippen molar-refractivity contribution >= 4 is 27.3 Å². The fourth-order valence-electron chi connectivity index (χ4n) is 3.61. The highest BCUT2D eigenvalue weighted by Gasteiger charge is 2.26. The van der Waals surface area contributed by atoms with Gasteiger partial charge in [-0.2, -0.15) is 0 Å². The third-order valence-corrected chi connectivity index (χ3v) is 6.49. The fraction of sp³-hybridized carbons (Fsp3) is 0.227. The van der Waals surface area contributed by atoms with Gasteiger partial charge in [0, 0.05) is 12.2 Å². The molecule has 2 heterocycles. The molecular weight excluding hydrogens is 404 g/mol. The van der Waals surface area contributed by atoms with Gasteiger partial charge in [0.1, 0.15) is 5.75 Å². The number of hydrogen-bond donors (Lipinski definition) is 1. The first-order valence-electron chi connectivity index (χ1n) is 9.55. The van der Waals surface area contributed by atoms with Crippen molar-refractivity contribution in [2.24, 2.45) is 0 Å². The van der Waals surface area contributed by atoms with E-state index in [9.17, 15) is 13.2 Å². The molecule has 0 atom stereocenters. The van der Waals surface area contributed by atoms with Gasteiger partial charge in [0.2, 0.25) is 0 Å². The zero-order valence-corrected chi connectivity index (χ0v) is 17.5. The van der Waals surface area contributed by atoms with E-state index in [1.54, 1.807) is 48.2 Å². The van der Waals surface area contributed by atoms with Crippen LogP contribution < -0.4 is 14.4 Å². The number of sulfonamides is 1. The van der Waals surface area contributed by atoms with E-state index in [2.05, 4.69) is 4.72 Å². The molecule has 1 aromatic heterocycles. The molecule has 0 aliphatic carbocycles. The van der Waals surface area contributed by atoms with Crippen LogP contribution in [0.25, 0.3) is 0 Å². The maximum atomic E-state index is 12.9. The summed E-state index contributed by atoms with van der Waals surface area (Å²) in [6, 6.07) is 13.2. The van der Waals surface area contributed by atoms with Gasteiger partial charge in [0.05, 0.1) is 24.0 Å². The van der Waals surface area contributed by atoms with Crippen molar-refractivity contribution in [3.8, 4) is 5.75 Å². The van der Waals surface area contributed by atoms with Crippen molar-refractivity contribution in [1.82, 2.24) is 0 Å². The molecule has 1 N–H and O–H groups in total. The van der Waals surface area contributed by atoms with Crippen LogP contribution in [0.1, 0.15) is 28.1 Å². The number of ether oxygens (including phenoxy) is 1. The third kappa shape index (κ3) is 3.78. The first-order valence-corrected chi connectivity index (χ1v) is 11.0. The number of rotatable bonds is 5. The quantitative estimate of drug-likeness (QED) is 0.666. The Balaban J connectivity index is 1.64. The molecule has 1 aliphatic rings. The molecule has 1 amide bonds. The number of fused-ring (bicyclic) bond motifs is 1. The van der Waals surface area contributed by atoms with Crippen LogP contribution in [0.15, 0.2) is 64.1 Å². The van der Waals surface area contributed by atoms with Crippen molar-refractivity contribution < 1.29 is 22.4 Å². The number of anilines is 2. The van der Waals surface area contributed by atoms with Crippen LogP contribution in [0.5, 0.6) is 5.75 Å². The summed E-state index contributed by atoms with van der Waals surface area (Å²) in [7, 11) is -2.26. The van der Waals surface area contributed by atoms with Gasteiger partial charge in [0.15, 0.2) is 5.76 Å². The second-order valence-corrected chi connectivity index (χ2v) is 8.80. The molecule has 0 unspecified atom stereocenters. The standard InChI is InChI=1S/C22H22N2O5S/c1-15-13-18(9-10-20(15)28-2)30(26,27)23-17-8-7-16-5-3-11-24(19(16)14-17)22(25)21-6-4-12-29-21/h4,6-10,12-14,23H,3,5,11H2,1-2H3. The van der Waals surface area contributed by atoms with Crippen LogP contribution in [0.2, 0.25) is 0 Å². The van der Waals surface area contributed by atoms with Crippen LogP contribution in [-0.4, -0.2) is 28.0 Å². The molecule has 7 nitrogen and oxygen atoms in total. The molecule has 30 heavy (non-hydrogen) atoms. The van der Waals surface area contributed by atoms with E-state index in [0.29, 0.717) is 23.7 Å². The van der Waals surface area contributed by atoms with Gasteiger partial charge in [-0.15, -0.1) is 0 Å². The molecule has 0 saturated heterocycles. The molecule has 4 rings (SSSR count).